The lowest BCUT2D eigenvalue weighted by atomic mass is 9.97. The van der Waals surface area contributed by atoms with Crippen LogP contribution in [-0.2, 0) is 10.0 Å². The molecule has 0 spiro atoms. The average molecular weight is 455 g/mol. The number of sulfonamides is 1. The van der Waals surface area contributed by atoms with Crippen molar-refractivity contribution in [2.45, 2.75) is 17.2 Å². The number of nitrogens with one attached hydrogen (secondary N) is 2. The molecule has 5 rings (SSSR count). The molecule has 0 radical (unpaired) electrons. The van der Waals surface area contributed by atoms with Gasteiger partial charge in [-0.05, 0) is 35.2 Å². The van der Waals surface area contributed by atoms with E-state index in [0.717, 1.165) is 27.8 Å². The van der Waals surface area contributed by atoms with Crippen molar-refractivity contribution in [3.8, 4) is 11.5 Å². The largest absolute Gasteiger partial charge is 0.490 e. The lowest BCUT2D eigenvalue weighted by Crippen LogP contribution is -2.28. The predicted octanol–water partition coefficient (Wildman–Crippen LogP) is 4.50. The Balaban J connectivity index is 1.43. The van der Waals surface area contributed by atoms with Crippen molar-refractivity contribution in [3.05, 3.63) is 76.6 Å². The molecule has 31 heavy (non-hydrogen) atoms. The fourth-order valence-corrected chi connectivity index (χ4v) is 5.73. The topological polar surface area (TPSA) is 80.4 Å². The summed E-state index contributed by atoms with van der Waals surface area (Å²) in [5.74, 6) is 0.935. The molecule has 0 aliphatic carbocycles. The highest BCUT2D eigenvalue weighted by Gasteiger charge is 2.24. The molecule has 160 valence electrons. The smallest absolute Gasteiger partial charge is 0.240 e. The lowest BCUT2D eigenvalue weighted by molar-refractivity contribution is 0.297. The van der Waals surface area contributed by atoms with Crippen LogP contribution in [0.5, 0.6) is 11.5 Å². The summed E-state index contributed by atoms with van der Waals surface area (Å²) in [6.07, 6.45) is 2.74. The van der Waals surface area contributed by atoms with Crippen LogP contribution in [0.15, 0.2) is 71.1 Å². The van der Waals surface area contributed by atoms with Gasteiger partial charge >= 0.3 is 0 Å². The second-order valence-corrected chi connectivity index (χ2v) is 10.1. The van der Waals surface area contributed by atoms with Crippen molar-refractivity contribution in [1.29, 1.82) is 0 Å². The van der Waals surface area contributed by atoms with Gasteiger partial charge in [0.05, 0.1) is 18.1 Å². The summed E-state index contributed by atoms with van der Waals surface area (Å²) in [7, 11) is -3.73. The van der Waals surface area contributed by atoms with Gasteiger partial charge in [0, 0.05) is 46.9 Å². The van der Waals surface area contributed by atoms with Crippen molar-refractivity contribution in [1.82, 2.24) is 9.71 Å². The second kappa shape index (κ2) is 8.37. The van der Waals surface area contributed by atoms with Gasteiger partial charge in [-0.2, -0.15) is 0 Å². The fourth-order valence-electron chi connectivity index (χ4n) is 3.82. The zero-order valence-electron chi connectivity index (χ0n) is 16.7. The van der Waals surface area contributed by atoms with Gasteiger partial charge < -0.3 is 14.5 Å². The first-order valence-corrected chi connectivity index (χ1v) is 12.5. The highest BCUT2D eigenvalue weighted by Crippen LogP contribution is 2.34. The van der Waals surface area contributed by atoms with Crippen LogP contribution in [0.4, 0.5) is 0 Å². The first-order valence-electron chi connectivity index (χ1n) is 10.1. The molecule has 1 aliphatic heterocycles. The fraction of sp³-hybridized carbons (Fsp3) is 0.217. The lowest BCUT2D eigenvalue weighted by Gasteiger charge is -2.17. The Labute approximate surface area is 184 Å². The number of benzene rings is 2. The third kappa shape index (κ3) is 4.06. The Morgan fingerprint density at radius 2 is 1.87 bits per heavy atom. The van der Waals surface area contributed by atoms with Gasteiger partial charge in [-0.25, -0.2) is 13.1 Å². The maximum atomic E-state index is 13.1. The number of para-hydroxylation sites is 1. The molecule has 2 aromatic heterocycles. The zero-order chi connectivity index (χ0) is 21.3. The molecule has 3 heterocycles. The highest BCUT2D eigenvalue weighted by atomic mass is 32.2. The van der Waals surface area contributed by atoms with Crippen molar-refractivity contribution in [2.75, 3.05) is 19.8 Å². The van der Waals surface area contributed by atoms with E-state index in [2.05, 4.69) is 15.8 Å². The van der Waals surface area contributed by atoms with E-state index < -0.39 is 10.0 Å². The molecule has 0 bridgehead atoms. The van der Waals surface area contributed by atoms with E-state index in [1.165, 1.54) is 6.07 Å². The van der Waals surface area contributed by atoms with Crippen LogP contribution in [-0.4, -0.2) is 33.2 Å². The van der Waals surface area contributed by atoms with E-state index in [0.29, 0.717) is 24.7 Å². The van der Waals surface area contributed by atoms with Crippen molar-refractivity contribution >= 4 is 32.3 Å². The standard InChI is InChI=1S/C23H22N2O4S2/c26-31(27,16-8-9-21-22(13-16)29-11-4-10-28-21)25-15-19(23-7-3-12-30-23)18-14-24-20-6-2-1-5-17(18)20/h1-3,5-9,12-14,19,24-25H,4,10-11,15H2/t19-/m1/s1. The van der Waals surface area contributed by atoms with Gasteiger partial charge in [0.25, 0.3) is 0 Å². The van der Waals surface area contributed by atoms with Crippen LogP contribution in [0.2, 0.25) is 0 Å². The molecule has 1 atom stereocenters. The van der Waals surface area contributed by atoms with E-state index in [1.54, 1.807) is 23.5 Å². The predicted molar refractivity (Wildman–Crippen MR) is 122 cm³/mol. The molecule has 6 nitrogen and oxygen atoms in total. The highest BCUT2D eigenvalue weighted by molar-refractivity contribution is 7.89. The number of aromatic nitrogens is 1. The summed E-state index contributed by atoms with van der Waals surface area (Å²) in [6, 6.07) is 16.8. The van der Waals surface area contributed by atoms with Gasteiger partial charge in [-0.3, -0.25) is 0 Å². The molecule has 2 N–H and O–H groups in total. The van der Waals surface area contributed by atoms with Crippen molar-refractivity contribution in [3.63, 3.8) is 0 Å². The minimum absolute atomic E-state index is 0.105. The third-order valence-corrected chi connectivity index (χ3v) is 7.80. The Bertz CT molecular complexity index is 1300. The maximum absolute atomic E-state index is 13.1. The van der Waals surface area contributed by atoms with Gasteiger partial charge in [0.1, 0.15) is 0 Å². The van der Waals surface area contributed by atoms with Gasteiger partial charge in [-0.15, -0.1) is 11.3 Å². The summed E-state index contributed by atoms with van der Waals surface area (Å²) in [5.41, 5.74) is 2.10. The Hall–Kier alpha value is -2.81. The van der Waals surface area contributed by atoms with Crippen molar-refractivity contribution < 1.29 is 17.9 Å². The summed E-state index contributed by atoms with van der Waals surface area (Å²) >= 11 is 1.62. The molecule has 8 heteroatoms. The molecule has 2 aromatic carbocycles. The summed E-state index contributed by atoms with van der Waals surface area (Å²) in [5, 5.41) is 3.10. The van der Waals surface area contributed by atoms with E-state index in [9.17, 15) is 8.42 Å². The number of hydrogen-bond acceptors (Lipinski definition) is 5. The van der Waals surface area contributed by atoms with Gasteiger partial charge in [0.2, 0.25) is 10.0 Å². The number of rotatable bonds is 6. The Morgan fingerprint density at radius 1 is 1.03 bits per heavy atom. The van der Waals surface area contributed by atoms with E-state index >= 15 is 0 Å². The number of ether oxygens (including phenoxy) is 2. The zero-order valence-corrected chi connectivity index (χ0v) is 18.3. The van der Waals surface area contributed by atoms with Crippen LogP contribution in [0.1, 0.15) is 22.8 Å². The van der Waals surface area contributed by atoms with Crippen molar-refractivity contribution in [2.24, 2.45) is 0 Å². The van der Waals surface area contributed by atoms with Crippen LogP contribution >= 0.6 is 11.3 Å². The monoisotopic (exact) mass is 454 g/mol. The molecule has 0 fully saturated rings. The number of aromatic amines is 1. The van der Waals surface area contributed by atoms with E-state index in [1.807, 2.05) is 41.9 Å². The number of H-pyrrole nitrogens is 1. The van der Waals surface area contributed by atoms with Crippen LogP contribution in [0.25, 0.3) is 10.9 Å². The number of hydrogen-bond donors (Lipinski definition) is 2. The maximum Gasteiger partial charge on any atom is 0.240 e. The van der Waals surface area contributed by atoms with E-state index in [4.69, 9.17) is 9.47 Å². The molecule has 0 amide bonds. The number of thiophene rings is 1. The summed E-state index contributed by atoms with van der Waals surface area (Å²) < 4.78 is 40.3. The molecular formula is C23H22N2O4S2. The first kappa shape index (κ1) is 20.1. The van der Waals surface area contributed by atoms with Crippen LogP contribution < -0.4 is 14.2 Å². The average Bonchev–Trinajstić information content (AvgIpc) is 3.39. The van der Waals surface area contributed by atoms with Gasteiger partial charge in [-0.1, -0.05) is 24.3 Å². The Kier molecular flexibility index (Phi) is 5.43. The van der Waals surface area contributed by atoms with Crippen LogP contribution in [0.3, 0.4) is 0 Å². The Morgan fingerprint density at radius 3 is 2.71 bits per heavy atom. The molecule has 0 unspecified atom stereocenters. The SMILES string of the molecule is O=S(=O)(NC[C@@H](c1cccs1)c1c[nH]c2ccccc12)c1ccc2c(c1)OCCCO2. The van der Waals surface area contributed by atoms with Crippen LogP contribution in [0, 0.1) is 0 Å². The molecule has 0 saturated heterocycles. The third-order valence-electron chi connectivity index (χ3n) is 5.39. The minimum Gasteiger partial charge on any atom is -0.490 e. The second-order valence-electron chi connectivity index (χ2n) is 7.37. The summed E-state index contributed by atoms with van der Waals surface area (Å²) in [4.78, 5) is 4.57. The first-order chi connectivity index (χ1) is 15.1. The minimum atomic E-state index is -3.73. The normalized spacial score (nSPS) is 15.0. The molecule has 1 aliphatic rings. The number of fused-ring (bicyclic) bond motifs is 2. The quantitative estimate of drug-likeness (QED) is 0.450. The molecular weight excluding hydrogens is 432 g/mol. The van der Waals surface area contributed by atoms with Gasteiger partial charge in [0.15, 0.2) is 11.5 Å². The molecule has 4 aromatic rings. The van der Waals surface area contributed by atoms with E-state index in [-0.39, 0.29) is 17.4 Å². The molecule has 0 saturated carbocycles. The summed E-state index contributed by atoms with van der Waals surface area (Å²) in [6.45, 7) is 1.31.